The van der Waals surface area contributed by atoms with Crippen molar-refractivity contribution < 1.29 is 4.74 Å². The Labute approximate surface area is 143 Å². The normalized spacial score (nSPS) is 12.2. The second-order valence-corrected chi connectivity index (χ2v) is 6.08. The molecule has 1 aromatic heterocycles. The Morgan fingerprint density at radius 1 is 1.43 bits per heavy atom. The number of hydrogen-bond acceptors (Lipinski definition) is 3. The van der Waals surface area contributed by atoms with Crippen molar-refractivity contribution in [2.24, 2.45) is 7.05 Å². The van der Waals surface area contributed by atoms with Crippen molar-refractivity contribution in [3.63, 3.8) is 0 Å². The molecule has 2 rings (SSSR count). The van der Waals surface area contributed by atoms with E-state index in [1.165, 1.54) is 11.3 Å². The number of benzene rings is 1. The van der Waals surface area contributed by atoms with Crippen LogP contribution in [-0.4, -0.2) is 16.4 Å². The summed E-state index contributed by atoms with van der Waals surface area (Å²) in [5, 5.41) is 8.62. The highest BCUT2D eigenvalue weighted by atomic mass is 35.5. The van der Waals surface area contributed by atoms with Gasteiger partial charge in [0.1, 0.15) is 12.4 Å². The zero-order chi connectivity index (χ0) is 17.0. The second kappa shape index (κ2) is 7.66. The van der Waals surface area contributed by atoms with E-state index in [1.807, 2.05) is 36.9 Å². The van der Waals surface area contributed by atoms with Crippen LogP contribution in [0.2, 0.25) is 5.02 Å². The monoisotopic (exact) mass is 333 g/mol. The molecular weight excluding hydrogens is 310 g/mol. The molecule has 0 aliphatic rings. The average Bonchev–Trinajstić information content (AvgIpc) is 2.77. The van der Waals surface area contributed by atoms with Gasteiger partial charge in [0.25, 0.3) is 0 Å². The molecule has 1 atom stereocenters. The Kier molecular flexibility index (Phi) is 5.85. The van der Waals surface area contributed by atoms with Crippen LogP contribution >= 0.6 is 11.6 Å². The standard InChI is InChI=1S/C18H24ClN3O/c1-6-9-23-17-8-7-15(10-16(17)19)11-20-12(2)18-13(3)21-22(5)14(18)4/h6-8,10,12,20H,1,9,11H2,2-5H3. The molecule has 0 bridgehead atoms. The van der Waals surface area contributed by atoms with E-state index in [-0.39, 0.29) is 6.04 Å². The minimum Gasteiger partial charge on any atom is -0.488 e. The summed E-state index contributed by atoms with van der Waals surface area (Å²) in [4.78, 5) is 0. The van der Waals surface area contributed by atoms with Crippen LogP contribution in [0.15, 0.2) is 30.9 Å². The minimum absolute atomic E-state index is 0.221. The van der Waals surface area contributed by atoms with Gasteiger partial charge < -0.3 is 10.1 Å². The highest BCUT2D eigenvalue weighted by Crippen LogP contribution is 2.26. The van der Waals surface area contributed by atoms with Crippen molar-refractivity contribution in [2.75, 3.05) is 6.61 Å². The maximum absolute atomic E-state index is 6.25. The summed E-state index contributed by atoms with van der Waals surface area (Å²) in [5.41, 5.74) is 4.63. The first kappa shape index (κ1) is 17.6. The van der Waals surface area contributed by atoms with E-state index in [4.69, 9.17) is 16.3 Å². The lowest BCUT2D eigenvalue weighted by Gasteiger charge is -2.15. The third-order valence-electron chi connectivity index (χ3n) is 3.96. The topological polar surface area (TPSA) is 39.1 Å². The second-order valence-electron chi connectivity index (χ2n) is 5.68. The maximum Gasteiger partial charge on any atom is 0.138 e. The van der Waals surface area contributed by atoms with Crippen LogP contribution in [0.4, 0.5) is 0 Å². The van der Waals surface area contributed by atoms with Crippen molar-refractivity contribution in [3.8, 4) is 5.75 Å². The van der Waals surface area contributed by atoms with Crippen molar-refractivity contribution >= 4 is 11.6 Å². The van der Waals surface area contributed by atoms with Gasteiger partial charge in [-0.2, -0.15) is 5.10 Å². The van der Waals surface area contributed by atoms with Crippen LogP contribution in [0, 0.1) is 13.8 Å². The lowest BCUT2D eigenvalue weighted by atomic mass is 10.1. The molecule has 0 amide bonds. The van der Waals surface area contributed by atoms with Crippen LogP contribution in [0.25, 0.3) is 0 Å². The van der Waals surface area contributed by atoms with E-state index in [0.29, 0.717) is 17.4 Å². The minimum atomic E-state index is 0.221. The number of nitrogens with zero attached hydrogens (tertiary/aromatic N) is 2. The molecule has 1 heterocycles. The van der Waals surface area contributed by atoms with Gasteiger partial charge in [-0.1, -0.05) is 30.3 Å². The van der Waals surface area contributed by atoms with E-state index in [0.717, 1.165) is 17.8 Å². The first-order chi connectivity index (χ1) is 10.9. The number of ether oxygens (including phenoxy) is 1. The van der Waals surface area contributed by atoms with E-state index >= 15 is 0 Å². The van der Waals surface area contributed by atoms with Crippen molar-refractivity contribution in [3.05, 3.63) is 58.4 Å². The molecule has 23 heavy (non-hydrogen) atoms. The first-order valence-corrected chi connectivity index (χ1v) is 8.07. The number of hydrogen-bond donors (Lipinski definition) is 1. The van der Waals surface area contributed by atoms with Crippen molar-refractivity contribution in [2.45, 2.75) is 33.4 Å². The quantitative estimate of drug-likeness (QED) is 0.775. The summed E-state index contributed by atoms with van der Waals surface area (Å²) in [5.74, 6) is 0.683. The highest BCUT2D eigenvalue weighted by molar-refractivity contribution is 6.32. The van der Waals surface area contributed by atoms with Gasteiger partial charge in [-0.15, -0.1) is 0 Å². The molecular formula is C18H24ClN3O. The van der Waals surface area contributed by atoms with Gasteiger partial charge in [-0.3, -0.25) is 4.68 Å². The zero-order valence-corrected chi connectivity index (χ0v) is 14.9. The fourth-order valence-electron chi connectivity index (χ4n) is 2.71. The predicted octanol–water partition coefficient (Wildman–Crippen LogP) is 4.11. The summed E-state index contributed by atoms with van der Waals surface area (Å²) >= 11 is 6.25. The van der Waals surface area contributed by atoms with Gasteiger partial charge >= 0.3 is 0 Å². The van der Waals surface area contributed by atoms with E-state index in [1.54, 1.807) is 6.08 Å². The van der Waals surface area contributed by atoms with Crippen LogP contribution in [-0.2, 0) is 13.6 Å². The number of aryl methyl sites for hydroxylation is 2. The van der Waals surface area contributed by atoms with E-state index in [9.17, 15) is 0 Å². The molecule has 124 valence electrons. The molecule has 0 saturated carbocycles. The Morgan fingerprint density at radius 2 is 2.17 bits per heavy atom. The lowest BCUT2D eigenvalue weighted by molar-refractivity contribution is 0.363. The SMILES string of the molecule is C=CCOc1ccc(CNC(C)c2c(C)nn(C)c2C)cc1Cl. The van der Waals surface area contributed by atoms with Gasteiger partial charge in [0, 0.05) is 30.9 Å². The number of halogens is 1. The summed E-state index contributed by atoms with van der Waals surface area (Å²) < 4.78 is 7.41. The predicted molar refractivity (Wildman–Crippen MR) is 95.1 cm³/mol. The molecule has 4 nitrogen and oxygen atoms in total. The summed E-state index contributed by atoms with van der Waals surface area (Å²) in [6.07, 6.45) is 1.70. The lowest BCUT2D eigenvalue weighted by Crippen LogP contribution is -2.19. The van der Waals surface area contributed by atoms with Crippen LogP contribution < -0.4 is 10.1 Å². The van der Waals surface area contributed by atoms with Gasteiger partial charge in [0.2, 0.25) is 0 Å². The largest absolute Gasteiger partial charge is 0.488 e. The summed E-state index contributed by atoms with van der Waals surface area (Å²) in [6.45, 7) is 11.1. The molecule has 0 radical (unpaired) electrons. The highest BCUT2D eigenvalue weighted by Gasteiger charge is 2.15. The Hall–Kier alpha value is -1.78. The molecule has 2 aromatic rings. The van der Waals surface area contributed by atoms with Gasteiger partial charge in [0.15, 0.2) is 0 Å². The Bertz CT molecular complexity index is 694. The van der Waals surface area contributed by atoms with E-state index < -0.39 is 0 Å². The summed E-state index contributed by atoms with van der Waals surface area (Å²) in [6, 6.07) is 6.07. The third kappa shape index (κ3) is 4.15. The number of rotatable bonds is 7. The fraction of sp³-hybridized carbons (Fsp3) is 0.389. The molecule has 1 aromatic carbocycles. The number of aromatic nitrogens is 2. The summed E-state index contributed by atoms with van der Waals surface area (Å²) in [7, 11) is 1.97. The Morgan fingerprint density at radius 3 is 2.74 bits per heavy atom. The molecule has 5 heteroatoms. The third-order valence-corrected chi connectivity index (χ3v) is 4.26. The van der Waals surface area contributed by atoms with Gasteiger partial charge in [-0.25, -0.2) is 0 Å². The van der Waals surface area contributed by atoms with Gasteiger partial charge in [-0.05, 0) is 38.5 Å². The average molecular weight is 334 g/mol. The molecule has 1 unspecified atom stereocenters. The first-order valence-electron chi connectivity index (χ1n) is 7.69. The maximum atomic E-state index is 6.25. The molecule has 0 fully saturated rings. The number of nitrogens with one attached hydrogen (secondary N) is 1. The smallest absolute Gasteiger partial charge is 0.138 e. The Balaban J connectivity index is 2.03. The van der Waals surface area contributed by atoms with Crippen molar-refractivity contribution in [1.82, 2.24) is 15.1 Å². The molecule has 0 aliphatic carbocycles. The van der Waals surface area contributed by atoms with Crippen LogP contribution in [0.1, 0.15) is 35.5 Å². The van der Waals surface area contributed by atoms with Crippen molar-refractivity contribution in [1.29, 1.82) is 0 Å². The fourth-order valence-corrected chi connectivity index (χ4v) is 2.97. The molecule has 0 aliphatic heterocycles. The molecule has 1 N–H and O–H groups in total. The van der Waals surface area contributed by atoms with Crippen LogP contribution in [0.3, 0.4) is 0 Å². The molecule has 0 spiro atoms. The zero-order valence-electron chi connectivity index (χ0n) is 14.2. The van der Waals surface area contributed by atoms with Gasteiger partial charge in [0.05, 0.1) is 10.7 Å². The molecule has 0 saturated heterocycles. The van der Waals surface area contributed by atoms with E-state index in [2.05, 4.69) is 30.8 Å². The van der Waals surface area contributed by atoms with Crippen LogP contribution in [0.5, 0.6) is 5.75 Å².